The first-order valence-electron chi connectivity index (χ1n) is 4.80. The van der Waals surface area contributed by atoms with E-state index in [0.29, 0.717) is 6.54 Å². The van der Waals surface area contributed by atoms with E-state index in [4.69, 9.17) is 5.73 Å². The van der Waals surface area contributed by atoms with Crippen LogP contribution in [0, 0.1) is 0 Å². The summed E-state index contributed by atoms with van der Waals surface area (Å²) in [5.41, 5.74) is 6.38. The topological polar surface area (TPSA) is 60.0 Å². The van der Waals surface area contributed by atoms with Crippen molar-refractivity contribution in [3.8, 4) is 0 Å². The number of nitrogens with zero attached hydrogens (tertiary/aromatic N) is 1. The standard InChI is InChI=1S/C10H17N3O/c1-3-8(7-11)12-9-4-5-13(2)10(14)6-9/h4-6,8,12H,3,7,11H2,1-2H3. The zero-order valence-electron chi connectivity index (χ0n) is 8.66. The van der Waals surface area contributed by atoms with Crippen molar-refractivity contribution in [1.82, 2.24) is 4.57 Å². The molecule has 0 aliphatic heterocycles. The van der Waals surface area contributed by atoms with Crippen molar-refractivity contribution < 1.29 is 0 Å². The van der Waals surface area contributed by atoms with E-state index in [0.717, 1.165) is 12.1 Å². The van der Waals surface area contributed by atoms with Crippen LogP contribution in [0.3, 0.4) is 0 Å². The maximum atomic E-state index is 11.3. The van der Waals surface area contributed by atoms with Crippen LogP contribution in [-0.2, 0) is 7.05 Å². The third kappa shape index (κ3) is 2.60. The Morgan fingerprint density at radius 2 is 2.36 bits per heavy atom. The van der Waals surface area contributed by atoms with E-state index in [9.17, 15) is 4.79 Å². The Labute approximate surface area is 83.7 Å². The van der Waals surface area contributed by atoms with E-state index in [1.807, 2.05) is 6.07 Å². The normalized spacial score (nSPS) is 12.5. The molecular formula is C10H17N3O. The summed E-state index contributed by atoms with van der Waals surface area (Å²) in [6.07, 6.45) is 2.69. The van der Waals surface area contributed by atoms with Crippen LogP contribution in [0.15, 0.2) is 23.1 Å². The lowest BCUT2D eigenvalue weighted by atomic mass is 10.2. The first-order valence-corrected chi connectivity index (χ1v) is 4.80. The average Bonchev–Trinajstić information content (AvgIpc) is 2.19. The molecule has 0 amide bonds. The smallest absolute Gasteiger partial charge is 0.252 e. The van der Waals surface area contributed by atoms with Gasteiger partial charge in [-0.05, 0) is 12.5 Å². The summed E-state index contributed by atoms with van der Waals surface area (Å²) in [6, 6.07) is 3.69. The van der Waals surface area contributed by atoms with Gasteiger partial charge in [0.05, 0.1) is 0 Å². The number of nitrogens with one attached hydrogen (secondary N) is 1. The monoisotopic (exact) mass is 195 g/mol. The number of hydrogen-bond acceptors (Lipinski definition) is 3. The lowest BCUT2D eigenvalue weighted by Crippen LogP contribution is -2.28. The van der Waals surface area contributed by atoms with Crippen molar-refractivity contribution >= 4 is 5.69 Å². The zero-order valence-corrected chi connectivity index (χ0v) is 8.66. The lowest BCUT2D eigenvalue weighted by molar-refractivity contribution is 0.702. The van der Waals surface area contributed by atoms with Gasteiger partial charge in [0.15, 0.2) is 0 Å². The largest absolute Gasteiger partial charge is 0.381 e. The summed E-state index contributed by atoms with van der Waals surface area (Å²) in [4.78, 5) is 11.3. The predicted octanol–water partition coefficient (Wildman–Crippen LogP) is 0.535. The first kappa shape index (κ1) is 10.8. The Morgan fingerprint density at radius 1 is 1.64 bits per heavy atom. The third-order valence-electron chi connectivity index (χ3n) is 2.25. The molecule has 0 saturated heterocycles. The maximum Gasteiger partial charge on any atom is 0.252 e. The molecule has 1 atom stereocenters. The highest BCUT2D eigenvalue weighted by molar-refractivity contribution is 5.42. The van der Waals surface area contributed by atoms with Crippen molar-refractivity contribution in [3.05, 3.63) is 28.7 Å². The second-order valence-electron chi connectivity index (χ2n) is 3.35. The SMILES string of the molecule is CCC(CN)Nc1ccn(C)c(=O)c1. The molecule has 1 rings (SSSR count). The molecule has 0 aliphatic carbocycles. The molecule has 0 aromatic carbocycles. The number of anilines is 1. The van der Waals surface area contributed by atoms with Gasteiger partial charge in [-0.3, -0.25) is 4.79 Å². The Balaban J connectivity index is 2.77. The molecule has 1 heterocycles. The number of aromatic nitrogens is 1. The third-order valence-corrected chi connectivity index (χ3v) is 2.25. The molecular weight excluding hydrogens is 178 g/mol. The van der Waals surface area contributed by atoms with Gasteiger partial charge in [-0.2, -0.15) is 0 Å². The summed E-state index contributed by atoms with van der Waals surface area (Å²) in [6.45, 7) is 2.64. The van der Waals surface area contributed by atoms with Gasteiger partial charge in [-0.1, -0.05) is 6.92 Å². The summed E-state index contributed by atoms with van der Waals surface area (Å²) in [5.74, 6) is 0. The van der Waals surface area contributed by atoms with E-state index >= 15 is 0 Å². The van der Waals surface area contributed by atoms with Gasteiger partial charge in [-0.25, -0.2) is 0 Å². The zero-order chi connectivity index (χ0) is 10.6. The molecule has 78 valence electrons. The molecule has 1 aromatic rings. The van der Waals surface area contributed by atoms with Crippen LogP contribution in [0.25, 0.3) is 0 Å². The van der Waals surface area contributed by atoms with E-state index < -0.39 is 0 Å². The lowest BCUT2D eigenvalue weighted by Gasteiger charge is -2.15. The Hall–Kier alpha value is -1.29. The summed E-state index contributed by atoms with van der Waals surface area (Å²) in [5, 5.41) is 3.21. The van der Waals surface area contributed by atoms with Crippen molar-refractivity contribution in [3.63, 3.8) is 0 Å². The molecule has 4 heteroatoms. The van der Waals surface area contributed by atoms with Gasteiger partial charge < -0.3 is 15.6 Å². The molecule has 0 saturated carbocycles. The van der Waals surface area contributed by atoms with E-state index in [-0.39, 0.29) is 11.6 Å². The molecule has 4 nitrogen and oxygen atoms in total. The van der Waals surface area contributed by atoms with Gasteiger partial charge in [0.1, 0.15) is 0 Å². The number of hydrogen-bond donors (Lipinski definition) is 2. The average molecular weight is 195 g/mol. The quantitative estimate of drug-likeness (QED) is 0.737. The maximum absolute atomic E-state index is 11.3. The van der Waals surface area contributed by atoms with Gasteiger partial charge in [0, 0.05) is 37.6 Å². The van der Waals surface area contributed by atoms with Crippen LogP contribution < -0.4 is 16.6 Å². The minimum Gasteiger partial charge on any atom is -0.381 e. The van der Waals surface area contributed by atoms with Crippen molar-refractivity contribution in [2.45, 2.75) is 19.4 Å². The van der Waals surface area contributed by atoms with Crippen LogP contribution in [0.4, 0.5) is 5.69 Å². The van der Waals surface area contributed by atoms with E-state index in [2.05, 4.69) is 12.2 Å². The second kappa shape index (κ2) is 4.81. The Morgan fingerprint density at radius 3 is 2.86 bits per heavy atom. The molecule has 0 spiro atoms. The number of nitrogens with two attached hydrogens (primary N) is 1. The molecule has 3 N–H and O–H groups in total. The highest BCUT2D eigenvalue weighted by atomic mass is 16.1. The fourth-order valence-electron chi connectivity index (χ4n) is 1.20. The molecule has 0 fully saturated rings. The molecule has 0 radical (unpaired) electrons. The Kier molecular flexibility index (Phi) is 3.71. The molecule has 1 unspecified atom stereocenters. The van der Waals surface area contributed by atoms with Crippen molar-refractivity contribution in [1.29, 1.82) is 0 Å². The first-order chi connectivity index (χ1) is 6.67. The number of rotatable bonds is 4. The highest BCUT2D eigenvalue weighted by Crippen LogP contribution is 2.05. The number of aryl methyl sites for hydroxylation is 1. The summed E-state index contributed by atoms with van der Waals surface area (Å²) in [7, 11) is 1.73. The minimum absolute atomic E-state index is 0.0122. The van der Waals surface area contributed by atoms with E-state index in [1.54, 1.807) is 19.3 Å². The molecule has 0 aliphatic rings. The molecule has 0 bridgehead atoms. The van der Waals surface area contributed by atoms with Crippen molar-refractivity contribution in [2.75, 3.05) is 11.9 Å². The summed E-state index contributed by atoms with van der Waals surface area (Å²) < 4.78 is 1.54. The van der Waals surface area contributed by atoms with Crippen LogP contribution in [-0.4, -0.2) is 17.2 Å². The van der Waals surface area contributed by atoms with Gasteiger partial charge >= 0.3 is 0 Å². The Bertz CT molecular complexity index is 341. The fraction of sp³-hybridized carbons (Fsp3) is 0.500. The van der Waals surface area contributed by atoms with Crippen LogP contribution in [0.2, 0.25) is 0 Å². The number of pyridine rings is 1. The van der Waals surface area contributed by atoms with Crippen LogP contribution in [0.5, 0.6) is 0 Å². The van der Waals surface area contributed by atoms with E-state index in [1.165, 1.54) is 4.57 Å². The predicted molar refractivity (Wildman–Crippen MR) is 58.4 cm³/mol. The minimum atomic E-state index is -0.0122. The van der Waals surface area contributed by atoms with Crippen LogP contribution >= 0.6 is 0 Å². The fourth-order valence-corrected chi connectivity index (χ4v) is 1.20. The van der Waals surface area contributed by atoms with Gasteiger partial charge in [-0.15, -0.1) is 0 Å². The van der Waals surface area contributed by atoms with Crippen LogP contribution in [0.1, 0.15) is 13.3 Å². The highest BCUT2D eigenvalue weighted by Gasteiger charge is 2.03. The molecule has 14 heavy (non-hydrogen) atoms. The summed E-state index contributed by atoms with van der Waals surface area (Å²) >= 11 is 0. The van der Waals surface area contributed by atoms with Gasteiger partial charge in [0.25, 0.3) is 5.56 Å². The second-order valence-corrected chi connectivity index (χ2v) is 3.35. The van der Waals surface area contributed by atoms with Crippen molar-refractivity contribution in [2.24, 2.45) is 12.8 Å². The van der Waals surface area contributed by atoms with Gasteiger partial charge in [0.2, 0.25) is 0 Å². The molecule has 1 aromatic heterocycles.